The number of hydrogen-bond acceptors (Lipinski definition) is 2. The first kappa shape index (κ1) is 15.1. The van der Waals surface area contributed by atoms with Gasteiger partial charge < -0.3 is 10.4 Å². The van der Waals surface area contributed by atoms with Crippen LogP contribution in [0.25, 0.3) is 0 Å². The van der Waals surface area contributed by atoms with Crippen LogP contribution in [0.5, 0.6) is 0 Å². The van der Waals surface area contributed by atoms with Gasteiger partial charge in [-0.2, -0.15) is 0 Å². The highest BCUT2D eigenvalue weighted by Gasteiger charge is 2.38. The Morgan fingerprint density at radius 1 is 1.32 bits per heavy atom. The molecule has 0 radical (unpaired) electrons. The highest BCUT2D eigenvalue weighted by molar-refractivity contribution is 5.94. The van der Waals surface area contributed by atoms with Crippen LogP contribution in [-0.2, 0) is 9.59 Å². The summed E-state index contributed by atoms with van der Waals surface area (Å²) in [5, 5.41) is 11.8. The van der Waals surface area contributed by atoms with Crippen molar-refractivity contribution in [3.8, 4) is 0 Å². The second kappa shape index (κ2) is 5.82. The summed E-state index contributed by atoms with van der Waals surface area (Å²) in [6, 6.07) is 5.32. The van der Waals surface area contributed by atoms with E-state index in [-0.39, 0.29) is 12.3 Å². The summed E-state index contributed by atoms with van der Waals surface area (Å²) in [7, 11) is 0. The van der Waals surface area contributed by atoms with Crippen LogP contribution >= 0.6 is 0 Å². The van der Waals surface area contributed by atoms with E-state index in [0.717, 1.165) is 0 Å². The van der Waals surface area contributed by atoms with E-state index >= 15 is 0 Å². The Labute approximate surface area is 111 Å². The molecule has 1 unspecified atom stereocenters. The zero-order valence-corrected chi connectivity index (χ0v) is 11.2. The van der Waals surface area contributed by atoms with Gasteiger partial charge in [0, 0.05) is 12.1 Å². The fourth-order valence-corrected chi connectivity index (χ4v) is 1.60. The van der Waals surface area contributed by atoms with Crippen molar-refractivity contribution in [3.05, 3.63) is 30.1 Å². The average molecular weight is 267 g/mol. The summed E-state index contributed by atoms with van der Waals surface area (Å²) in [6.07, 6.45) is -0.128. The fourth-order valence-electron chi connectivity index (χ4n) is 1.60. The van der Waals surface area contributed by atoms with Crippen LogP contribution in [0.3, 0.4) is 0 Å². The fraction of sp³-hybridized carbons (Fsp3) is 0.429. The Hall–Kier alpha value is -1.91. The molecular formula is C14H18FNO3. The first-order valence-electron chi connectivity index (χ1n) is 6.04. The summed E-state index contributed by atoms with van der Waals surface area (Å²) < 4.78 is 12.7. The number of carboxylic acids is 1. The summed E-state index contributed by atoms with van der Waals surface area (Å²) in [5.41, 5.74) is -0.674. The van der Waals surface area contributed by atoms with Crippen molar-refractivity contribution in [1.82, 2.24) is 0 Å². The second-order valence-electron chi connectivity index (χ2n) is 5.11. The smallest absolute Gasteiger partial charge is 0.310 e. The van der Waals surface area contributed by atoms with Gasteiger partial charge in [-0.3, -0.25) is 9.59 Å². The Balaban J connectivity index is 2.74. The van der Waals surface area contributed by atoms with Crippen LogP contribution in [0, 0.1) is 17.2 Å². The molecule has 0 saturated carbocycles. The lowest BCUT2D eigenvalue weighted by atomic mass is 9.76. The number of anilines is 1. The normalized spacial score (nSPS) is 13.9. The predicted molar refractivity (Wildman–Crippen MR) is 70.2 cm³/mol. The number of benzene rings is 1. The van der Waals surface area contributed by atoms with Crippen molar-refractivity contribution in [1.29, 1.82) is 0 Å². The minimum atomic E-state index is -1.12. The van der Waals surface area contributed by atoms with Crippen LogP contribution in [0.2, 0.25) is 0 Å². The van der Waals surface area contributed by atoms with E-state index in [1.165, 1.54) is 24.3 Å². The van der Waals surface area contributed by atoms with Gasteiger partial charge in [0.25, 0.3) is 0 Å². The number of carboxylic acid groups (broad SMARTS) is 1. The first-order valence-corrected chi connectivity index (χ1v) is 6.04. The number of hydrogen-bond donors (Lipinski definition) is 2. The summed E-state index contributed by atoms with van der Waals surface area (Å²) in [6.45, 7) is 5.07. The molecule has 0 fully saturated rings. The number of amides is 1. The standard InChI is InChI=1S/C14H18FNO3/c1-9(2)14(3,13(18)19)8-12(17)16-11-6-4-10(15)5-7-11/h4-7,9H,8H2,1-3H3,(H,16,17)(H,18,19). The van der Waals surface area contributed by atoms with E-state index in [1.807, 2.05) is 0 Å². The van der Waals surface area contributed by atoms with Crippen LogP contribution in [0.15, 0.2) is 24.3 Å². The molecule has 0 spiro atoms. The maximum absolute atomic E-state index is 12.7. The third kappa shape index (κ3) is 3.77. The Bertz CT molecular complexity index is 470. The lowest BCUT2D eigenvalue weighted by Gasteiger charge is -2.28. The van der Waals surface area contributed by atoms with Gasteiger partial charge in [0.2, 0.25) is 5.91 Å². The van der Waals surface area contributed by atoms with E-state index in [0.29, 0.717) is 5.69 Å². The molecule has 0 heterocycles. The molecule has 1 atom stereocenters. The van der Waals surface area contributed by atoms with E-state index in [9.17, 15) is 19.1 Å². The maximum atomic E-state index is 12.7. The van der Waals surface area contributed by atoms with Gasteiger partial charge in [-0.15, -0.1) is 0 Å². The van der Waals surface area contributed by atoms with E-state index in [4.69, 9.17) is 0 Å². The molecule has 1 amide bonds. The topological polar surface area (TPSA) is 66.4 Å². The van der Waals surface area contributed by atoms with Crippen LogP contribution < -0.4 is 5.32 Å². The van der Waals surface area contributed by atoms with Gasteiger partial charge in [-0.25, -0.2) is 4.39 Å². The predicted octanol–water partition coefficient (Wildman–Crippen LogP) is 2.90. The monoisotopic (exact) mass is 267 g/mol. The van der Waals surface area contributed by atoms with Gasteiger partial charge >= 0.3 is 5.97 Å². The van der Waals surface area contributed by atoms with Gasteiger partial charge in [0.05, 0.1) is 5.41 Å². The maximum Gasteiger partial charge on any atom is 0.310 e. The average Bonchev–Trinajstić information content (AvgIpc) is 2.31. The molecule has 5 heteroatoms. The minimum Gasteiger partial charge on any atom is -0.481 e. The highest BCUT2D eigenvalue weighted by atomic mass is 19.1. The molecular weight excluding hydrogens is 249 g/mol. The molecule has 0 aliphatic carbocycles. The Morgan fingerprint density at radius 2 is 1.84 bits per heavy atom. The molecule has 2 N–H and O–H groups in total. The van der Waals surface area contributed by atoms with Crippen molar-refractivity contribution < 1.29 is 19.1 Å². The molecule has 0 aliphatic heterocycles. The van der Waals surface area contributed by atoms with Crippen molar-refractivity contribution >= 4 is 17.6 Å². The number of aliphatic carboxylic acids is 1. The van der Waals surface area contributed by atoms with Crippen molar-refractivity contribution in [2.24, 2.45) is 11.3 Å². The van der Waals surface area contributed by atoms with Gasteiger partial charge in [-0.1, -0.05) is 13.8 Å². The number of carbonyl (C=O) groups is 2. The Kier molecular flexibility index (Phi) is 4.64. The third-order valence-corrected chi connectivity index (χ3v) is 3.42. The molecule has 0 bridgehead atoms. The lowest BCUT2D eigenvalue weighted by Crippen LogP contribution is -2.37. The number of carbonyl (C=O) groups excluding carboxylic acids is 1. The molecule has 104 valence electrons. The zero-order valence-electron chi connectivity index (χ0n) is 11.2. The first-order chi connectivity index (χ1) is 8.75. The van der Waals surface area contributed by atoms with E-state index in [2.05, 4.69) is 5.32 Å². The lowest BCUT2D eigenvalue weighted by molar-refractivity contribution is -0.153. The number of rotatable bonds is 5. The number of nitrogens with one attached hydrogen (secondary N) is 1. The van der Waals surface area contributed by atoms with Crippen LogP contribution in [-0.4, -0.2) is 17.0 Å². The van der Waals surface area contributed by atoms with Crippen molar-refractivity contribution in [2.45, 2.75) is 27.2 Å². The Morgan fingerprint density at radius 3 is 2.26 bits per heavy atom. The van der Waals surface area contributed by atoms with Gasteiger partial charge in [-0.05, 0) is 37.1 Å². The summed E-state index contributed by atoms with van der Waals surface area (Å²) in [5.74, 6) is -1.97. The van der Waals surface area contributed by atoms with Gasteiger partial charge in [0.15, 0.2) is 0 Å². The minimum absolute atomic E-state index is 0.128. The second-order valence-corrected chi connectivity index (χ2v) is 5.11. The molecule has 0 aromatic heterocycles. The summed E-state index contributed by atoms with van der Waals surface area (Å²) in [4.78, 5) is 23.1. The molecule has 1 aromatic carbocycles. The molecule has 4 nitrogen and oxygen atoms in total. The molecule has 0 saturated heterocycles. The molecule has 1 rings (SSSR count). The van der Waals surface area contributed by atoms with E-state index < -0.39 is 23.1 Å². The van der Waals surface area contributed by atoms with Crippen LogP contribution in [0.1, 0.15) is 27.2 Å². The highest BCUT2D eigenvalue weighted by Crippen LogP contribution is 2.31. The van der Waals surface area contributed by atoms with Crippen molar-refractivity contribution in [2.75, 3.05) is 5.32 Å². The van der Waals surface area contributed by atoms with Gasteiger partial charge in [0.1, 0.15) is 5.82 Å². The molecule has 0 aliphatic rings. The summed E-state index contributed by atoms with van der Waals surface area (Å²) >= 11 is 0. The molecule has 1 aromatic rings. The number of halogens is 1. The zero-order chi connectivity index (χ0) is 14.6. The SMILES string of the molecule is CC(C)C(C)(CC(=O)Nc1ccc(F)cc1)C(=O)O. The van der Waals surface area contributed by atoms with E-state index in [1.54, 1.807) is 20.8 Å². The third-order valence-electron chi connectivity index (χ3n) is 3.42. The largest absolute Gasteiger partial charge is 0.481 e. The molecule has 19 heavy (non-hydrogen) atoms. The van der Waals surface area contributed by atoms with Crippen LogP contribution in [0.4, 0.5) is 10.1 Å². The van der Waals surface area contributed by atoms with Crippen molar-refractivity contribution in [3.63, 3.8) is 0 Å². The quantitative estimate of drug-likeness (QED) is 0.862.